The Bertz CT molecular complexity index is 339. The Morgan fingerprint density at radius 3 is 2.60 bits per heavy atom. The standard InChI is InChI=1S/C13H15ClO/c1-2-11(9-6-10-14)13(15)12-7-4-3-5-8-12/h3-5,7-8,13,15H,1,6,9-10H2/t13-/m1/s1. The molecule has 0 heterocycles. The first-order chi connectivity index (χ1) is 7.29. The summed E-state index contributed by atoms with van der Waals surface area (Å²) in [5.41, 5.74) is 4.47. The average molecular weight is 223 g/mol. The Morgan fingerprint density at radius 1 is 1.40 bits per heavy atom. The van der Waals surface area contributed by atoms with Crippen molar-refractivity contribution in [2.75, 3.05) is 5.88 Å². The summed E-state index contributed by atoms with van der Waals surface area (Å²) in [6, 6.07) is 9.51. The van der Waals surface area contributed by atoms with Gasteiger partial charge in [0.2, 0.25) is 0 Å². The fraction of sp³-hybridized carbons (Fsp3) is 0.308. The number of rotatable bonds is 5. The molecule has 0 aromatic heterocycles. The van der Waals surface area contributed by atoms with E-state index in [1.54, 1.807) is 0 Å². The lowest BCUT2D eigenvalue weighted by atomic mass is 9.99. The van der Waals surface area contributed by atoms with Crippen LogP contribution in [-0.2, 0) is 0 Å². The molecule has 0 unspecified atom stereocenters. The van der Waals surface area contributed by atoms with Gasteiger partial charge < -0.3 is 5.11 Å². The highest BCUT2D eigenvalue weighted by Crippen LogP contribution is 2.23. The first kappa shape index (κ1) is 12.1. The van der Waals surface area contributed by atoms with Crippen LogP contribution in [0.2, 0.25) is 0 Å². The van der Waals surface area contributed by atoms with Gasteiger partial charge in [0.05, 0.1) is 0 Å². The second-order valence-electron chi connectivity index (χ2n) is 3.31. The van der Waals surface area contributed by atoms with Crippen molar-refractivity contribution in [2.45, 2.75) is 18.9 Å². The van der Waals surface area contributed by atoms with E-state index in [0.717, 1.165) is 24.0 Å². The summed E-state index contributed by atoms with van der Waals surface area (Å²) < 4.78 is 0. The van der Waals surface area contributed by atoms with Crippen LogP contribution >= 0.6 is 11.6 Å². The minimum absolute atomic E-state index is 0.590. The first-order valence-corrected chi connectivity index (χ1v) is 5.51. The van der Waals surface area contributed by atoms with Crippen LogP contribution in [-0.4, -0.2) is 11.0 Å². The van der Waals surface area contributed by atoms with E-state index in [-0.39, 0.29) is 0 Å². The molecule has 80 valence electrons. The van der Waals surface area contributed by atoms with Crippen molar-refractivity contribution in [1.29, 1.82) is 0 Å². The van der Waals surface area contributed by atoms with Gasteiger partial charge in [-0.05, 0) is 18.4 Å². The summed E-state index contributed by atoms with van der Waals surface area (Å²) in [5.74, 6) is 0.590. The maximum absolute atomic E-state index is 10.0. The zero-order chi connectivity index (χ0) is 11.1. The Labute approximate surface area is 95.7 Å². The third-order valence-corrected chi connectivity index (χ3v) is 2.52. The van der Waals surface area contributed by atoms with Gasteiger partial charge in [0.15, 0.2) is 0 Å². The molecular weight excluding hydrogens is 208 g/mol. The third-order valence-electron chi connectivity index (χ3n) is 2.25. The van der Waals surface area contributed by atoms with E-state index >= 15 is 0 Å². The molecule has 0 amide bonds. The largest absolute Gasteiger partial charge is 0.383 e. The number of aliphatic hydroxyl groups excluding tert-OH is 1. The molecule has 0 spiro atoms. The van der Waals surface area contributed by atoms with E-state index in [9.17, 15) is 5.11 Å². The van der Waals surface area contributed by atoms with Crippen LogP contribution in [0.25, 0.3) is 0 Å². The number of benzene rings is 1. The molecule has 1 N–H and O–H groups in total. The molecular formula is C13H15ClO. The number of aliphatic hydroxyl groups is 1. The Hall–Kier alpha value is -1.01. The Morgan fingerprint density at radius 2 is 2.07 bits per heavy atom. The van der Waals surface area contributed by atoms with Gasteiger partial charge in [-0.25, -0.2) is 0 Å². The van der Waals surface area contributed by atoms with Crippen LogP contribution < -0.4 is 0 Å². The molecule has 0 aliphatic rings. The van der Waals surface area contributed by atoms with Gasteiger partial charge in [0.25, 0.3) is 0 Å². The van der Waals surface area contributed by atoms with Crippen LogP contribution in [0.3, 0.4) is 0 Å². The van der Waals surface area contributed by atoms with E-state index < -0.39 is 6.10 Å². The zero-order valence-corrected chi connectivity index (χ0v) is 9.37. The number of alkyl halides is 1. The lowest BCUT2D eigenvalue weighted by Gasteiger charge is -2.12. The molecule has 1 atom stereocenters. The summed E-state index contributed by atoms with van der Waals surface area (Å²) in [6.07, 6.45) is 0.971. The number of hydrogen-bond acceptors (Lipinski definition) is 1. The van der Waals surface area contributed by atoms with Crippen molar-refractivity contribution in [3.8, 4) is 0 Å². The van der Waals surface area contributed by atoms with Crippen molar-refractivity contribution < 1.29 is 5.11 Å². The van der Waals surface area contributed by atoms with Crippen molar-refractivity contribution in [3.63, 3.8) is 0 Å². The Balaban J connectivity index is 2.74. The SMILES string of the molecule is C=C=C(CCCCl)[C@@H](O)c1ccccc1. The maximum atomic E-state index is 10.0. The summed E-state index contributed by atoms with van der Waals surface area (Å²) in [5, 5.41) is 10.0. The van der Waals surface area contributed by atoms with Gasteiger partial charge in [-0.1, -0.05) is 36.9 Å². The molecule has 1 rings (SSSR count). The van der Waals surface area contributed by atoms with Gasteiger partial charge in [0.1, 0.15) is 6.10 Å². The number of hydrogen-bond donors (Lipinski definition) is 1. The van der Waals surface area contributed by atoms with Crippen LogP contribution in [0, 0.1) is 0 Å². The summed E-state index contributed by atoms with van der Waals surface area (Å²) in [6.45, 7) is 3.60. The van der Waals surface area contributed by atoms with Crippen molar-refractivity contribution in [2.24, 2.45) is 0 Å². The van der Waals surface area contributed by atoms with Crippen LogP contribution in [0.15, 0.2) is 48.2 Å². The normalized spacial score (nSPS) is 11.9. The second kappa shape index (κ2) is 6.47. The summed E-state index contributed by atoms with van der Waals surface area (Å²) in [4.78, 5) is 0. The number of halogens is 1. The van der Waals surface area contributed by atoms with E-state index in [1.165, 1.54) is 0 Å². The molecule has 0 aliphatic carbocycles. The topological polar surface area (TPSA) is 20.2 Å². The molecule has 1 aromatic carbocycles. The van der Waals surface area contributed by atoms with E-state index in [2.05, 4.69) is 12.3 Å². The maximum Gasteiger partial charge on any atom is 0.107 e. The van der Waals surface area contributed by atoms with Gasteiger partial charge in [-0.3, -0.25) is 0 Å². The van der Waals surface area contributed by atoms with Crippen molar-refractivity contribution in [3.05, 3.63) is 53.8 Å². The van der Waals surface area contributed by atoms with Crippen molar-refractivity contribution in [1.82, 2.24) is 0 Å². The molecule has 1 aromatic rings. The van der Waals surface area contributed by atoms with Gasteiger partial charge >= 0.3 is 0 Å². The smallest absolute Gasteiger partial charge is 0.107 e. The quantitative estimate of drug-likeness (QED) is 0.598. The lowest BCUT2D eigenvalue weighted by molar-refractivity contribution is 0.211. The monoisotopic (exact) mass is 222 g/mol. The highest BCUT2D eigenvalue weighted by atomic mass is 35.5. The zero-order valence-electron chi connectivity index (χ0n) is 8.62. The molecule has 0 fully saturated rings. The predicted molar refractivity (Wildman–Crippen MR) is 64.0 cm³/mol. The lowest BCUT2D eigenvalue weighted by Crippen LogP contribution is -2.01. The van der Waals surface area contributed by atoms with Gasteiger partial charge in [-0.2, -0.15) is 0 Å². The average Bonchev–Trinajstić information content (AvgIpc) is 2.31. The molecule has 0 bridgehead atoms. The van der Waals surface area contributed by atoms with Crippen LogP contribution in [0.4, 0.5) is 0 Å². The molecule has 0 saturated carbocycles. The minimum atomic E-state index is -0.605. The van der Waals surface area contributed by atoms with E-state index in [1.807, 2.05) is 30.3 Å². The highest BCUT2D eigenvalue weighted by molar-refractivity contribution is 6.17. The fourth-order valence-corrected chi connectivity index (χ4v) is 1.55. The van der Waals surface area contributed by atoms with Crippen molar-refractivity contribution >= 4 is 11.6 Å². The summed E-state index contributed by atoms with van der Waals surface area (Å²) >= 11 is 5.61. The predicted octanol–water partition coefficient (Wildman–Crippen LogP) is 3.45. The molecule has 1 nitrogen and oxygen atoms in total. The first-order valence-electron chi connectivity index (χ1n) is 4.97. The van der Waals surface area contributed by atoms with E-state index in [4.69, 9.17) is 11.6 Å². The van der Waals surface area contributed by atoms with E-state index in [0.29, 0.717) is 5.88 Å². The molecule has 0 aliphatic heterocycles. The molecule has 0 radical (unpaired) electrons. The van der Waals surface area contributed by atoms with Gasteiger partial charge in [0, 0.05) is 11.5 Å². The molecule has 15 heavy (non-hydrogen) atoms. The van der Waals surface area contributed by atoms with Crippen LogP contribution in [0.5, 0.6) is 0 Å². The van der Waals surface area contributed by atoms with Gasteiger partial charge in [-0.15, -0.1) is 17.3 Å². The second-order valence-corrected chi connectivity index (χ2v) is 3.69. The molecule has 2 heteroatoms. The van der Waals surface area contributed by atoms with Crippen LogP contribution in [0.1, 0.15) is 24.5 Å². The Kier molecular flexibility index (Phi) is 5.20. The molecule has 0 saturated heterocycles. The highest BCUT2D eigenvalue weighted by Gasteiger charge is 2.11. The minimum Gasteiger partial charge on any atom is -0.383 e. The summed E-state index contributed by atoms with van der Waals surface area (Å²) in [7, 11) is 0. The third kappa shape index (κ3) is 3.56. The fourth-order valence-electron chi connectivity index (χ4n) is 1.42.